The number of rotatable bonds is 7. The van der Waals surface area contributed by atoms with Crippen LogP contribution in [0, 0.1) is 5.41 Å². The van der Waals surface area contributed by atoms with E-state index in [1.165, 1.54) is 0 Å². The molecule has 1 saturated carbocycles. The van der Waals surface area contributed by atoms with Gasteiger partial charge in [-0.25, -0.2) is 0 Å². The average Bonchev–Trinajstić information content (AvgIpc) is 2.45. The normalized spacial score (nSPS) is 24.0. The van der Waals surface area contributed by atoms with Gasteiger partial charge in [-0.1, -0.05) is 39.8 Å². The Kier molecular flexibility index (Phi) is 4.92. The molecule has 2 atom stereocenters. The SMILES string of the molecule is CCCOc1ccccc1OC1CC(NCC)C1(C)C. The fraction of sp³-hybridized carbons (Fsp3) is 0.647. The summed E-state index contributed by atoms with van der Waals surface area (Å²) in [6.07, 6.45) is 2.31. The predicted molar refractivity (Wildman–Crippen MR) is 82.5 cm³/mol. The van der Waals surface area contributed by atoms with Crippen LogP contribution in [0.5, 0.6) is 11.5 Å². The largest absolute Gasteiger partial charge is 0.490 e. The fourth-order valence-electron chi connectivity index (χ4n) is 2.71. The van der Waals surface area contributed by atoms with Gasteiger partial charge in [-0.3, -0.25) is 0 Å². The molecule has 0 radical (unpaired) electrons. The molecule has 0 spiro atoms. The van der Waals surface area contributed by atoms with Gasteiger partial charge < -0.3 is 14.8 Å². The van der Waals surface area contributed by atoms with Crippen LogP contribution in [0.25, 0.3) is 0 Å². The maximum absolute atomic E-state index is 6.21. The first-order valence-electron chi connectivity index (χ1n) is 7.71. The molecule has 3 heteroatoms. The fourth-order valence-corrected chi connectivity index (χ4v) is 2.71. The van der Waals surface area contributed by atoms with Crippen molar-refractivity contribution in [1.82, 2.24) is 5.32 Å². The summed E-state index contributed by atoms with van der Waals surface area (Å²) in [4.78, 5) is 0. The Morgan fingerprint density at radius 2 is 1.90 bits per heavy atom. The minimum atomic E-state index is 0.161. The Hall–Kier alpha value is -1.22. The van der Waals surface area contributed by atoms with E-state index in [9.17, 15) is 0 Å². The molecule has 0 aromatic heterocycles. The van der Waals surface area contributed by atoms with Crippen molar-refractivity contribution in [2.75, 3.05) is 13.2 Å². The lowest BCUT2D eigenvalue weighted by molar-refractivity contribution is -0.0553. The van der Waals surface area contributed by atoms with Gasteiger partial charge in [0.05, 0.1) is 6.61 Å². The van der Waals surface area contributed by atoms with Crippen molar-refractivity contribution in [1.29, 1.82) is 0 Å². The number of hydrogen-bond acceptors (Lipinski definition) is 3. The smallest absolute Gasteiger partial charge is 0.161 e. The van der Waals surface area contributed by atoms with Crippen LogP contribution in [0.4, 0.5) is 0 Å². The van der Waals surface area contributed by atoms with E-state index in [4.69, 9.17) is 9.47 Å². The summed E-state index contributed by atoms with van der Waals surface area (Å²) in [6, 6.07) is 8.52. The molecule has 0 bridgehead atoms. The highest BCUT2D eigenvalue weighted by atomic mass is 16.5. The highest BCUT2D eigenvalue weighted by Crippen LogP contribution is 2.44. The Bertz CT molecular complexity index is 431. The summed E-state index contributed by atoms with van der Waals surface area (Å²) in [5, 5.41) is 3.53. The molecule has 0 saturated heterocycles. The van der Waals surface area contributed by atoms with Gasteiger partial charge in [0.2, 0.25) is 0 Å². The lowest BCUT2D eigenvalue weighted by atomic mass is 9.64. The van der Waals surface area contributed by atoms with Gasteiger partial charge in [-0.15, -0.1) is 0 Å². The van der Waals surface area contributed by atoms with E-state index in [-0.39, 0.29) is 11.5 Å². The Morgan fingerprint density at radius 3 is 2.50 bits per heavy atom. The highest BCUT2D eigenvalue weighted by Gasteiger charge is 2.49. The minimum Gasteiger partial charge on any atom is -0.490 e. The molecule has 2 rings (SSSR count). The molecule has 1 aliphatic carbocycles. The summed E-state index contributed by atoms with van der Waals surface area (Å²) in [6.45, 7) is 10.5. The van der Waals surface area contributed by atoms with Crippen molar-refractivity contribution in [3.63, 3.8) is 0 Å². The maximum Gasteiger partial charge on any atom is 0.161 e. The van der Waals surface area contributed by atoms with E-state index in [2.05, 4.69) is 33.0 Å². The van der Waals surface area contributed by atoms with Crippen LogP contribution in [-0.2, 0) is 0 Å². The number of nitrogens with one attached hydrogen (secondary N) is 1. The molecule has 0 heterocycles. The van der Waals surface area contributed by atoms with Crippen molar-refractivity contribution in [3.05, 3.63) is 24.3 Å². The topological polar surface area (TPSA) is 30.5 Å². The van der Waals surface area contributed by atoms with Crippen molar-refractivity contribution in [2.24, 2.45) is 5.41 Å². The number of para-hydroxylation sites is 2. The van der Waals surface area contributed by atoms with Crippen molar-refractivity contribution >= 4 is 0 Å². The Labute approximate surface area is 122 Å². The van der Waals surface area contributed by atoms with Gasteiger partial charge in [-0.05, 0) is 25.1 Å². The second-order valence-corrected chi connectivity index (χ2v) is 6.07. The minimum absolute atomic E-state index is 0.161. The zero-order valence-electron chi connectivity index (χ0n) is 13.1. The molecule has 0 amide bonds. The van der Waals surface area contributed by atoms with Crippen LogP contribution >= 0.6 is 0 Å². The molecule has 0 aliphatic heterocycles. The third kappa shape index (κ3) is 3.09. The van der Waals surface area contributed by atoms with Gasteiger partial charge in [0.15, 0.2) is 11.5 Å². The second kappa shape index (κ2) is 6.49. The molecule has 2 unspecified atom stereocenters. The molecule has 1 aromatic rings. The zero-order valence-corrected chi connectivity index (χ0v) is 13.1. The Morgan fingerprint density at radius 1 is 1.20 bits per heavy atom. The summed E-state index contributed by atoms with van der Waals surface area (Å²) >= 11 is 0. The standard InChI is InChI=1S/C17H27NO2/c1-5-11-19-13-9-7-8-10-14(13)20-16-12-15(18-6-2)17(16,3)4/h7-10,15-16,18H,5-6,11-12H2,1-4H3. The number of hydrogen-bond donors (Lipinski definition) is 1. The summed E-state index contributed by atoms with van der Waals surface area (Å²) in [5.41, 5.74) is 0.161. The van der Waals surface area contributed by atoms with Crippen molar-refractivity contribution < 1.29 is 9.47 Å². The molecule has 112 valence electrons. The second-order valence-electron chi connectivity index (χ2n) is 6.07. The molecular formula is C17H27NO2. The van der Waals surface area contributed by atoms with Crippen LogP contribution in [0.2, 0.25) is 0 Å². The summed E-state index contributed by atoms with van der Waals surface area (Å²) in [5.74, 6) is 1.73. The van der Waals surface area contributed by atoms with E-state index < -0.39 is 0 Å². The van der Waals surface area contributed by atoms with E-state index in [1.54, 1.807) is 0 Å². The average molecular weight is 277 g/mol. The molecule has 20 heavy (non-hydrogen) atoms. The van der Waals surface area contributed by atoms with Crippen LogP contribution in [0.3, 0.4) is 0 Å². The highest BCUT2D eigenvalue weighted by molar-refractivity contribution is 5.40. The number of ether oxygens (including phenoxy) is 2. The summed E-state index contributed by atoms with van der Waals surface area (Å²) < 4.78 is 12.0. The Balaban J connectivity index is 2.01. The quantitative estimate of drug-likeness (QED) is 0.825. The molecule has 1 fully saturated rings. The van der Waals surface area contributed by atoms with Gasteiger partial charge in [0.1, 0.15) is 6.10 Å². The predicted octanol–water partition coefficient (Wildman–Crippen LogP) is 3.63. The van der Waals surface area contributed by atoms with E-state index in [0.29, 0.717) is 6.04 Å². The van der Waals surface area contributed by atoms with Crippen LogP contribution in [0.1, 0.15) is 40.5 Å². The van der Waals surface area contributed by atoms with Gasteiger partial charge in [0, 0.05) is 17.9 Å². The van der Waals surface area contributed by atoms with Gasteiger partial charge >= 0.3 is 0 Å². The first-order chi connectivity index (χ1) is 9.59. The van der Waals surface area contributed by atoms with Crippen molar-refractivity contribution in [3.8, 4) is 11.5 Å². The first kappa shape index (κ1) is 15.2. The third-order valence-corrected chi connectivity index (χ3v) is 4.21. The maximum atomic E-state index is 6.21. The zero-order chi connectivity index (χ0) is 14.6. The lowest BCUT2D eigenvalue weighted by Crippen LogP contribution is -2.62. The van der Waals surface area contributed by atoms with Crippen LogP contribution in [-0.4, -0.2) is 25.3 Å². The van der Waals surface area contributed by atoms with Gasteiger partial charge in [-0.2, -0.15) is 0 Å². The molecule has 3 nitrogen and oxygen atoms in total. The molecule has 1 aliphatic rings. The molecular weight excluding hydrogens is 250 g/mol. The van der Waals surface area contributed by atoms with Crippen LogP contribution in [0.15, 0.2) is 24.3 Å². The van der Waals surface area contributed by atoms with Crippen LogP contribution < -0.4 is 14.8 Å². The molecule has 1 aromatic carbocycles. The first-order valence-corrected chi connectivity index (χ1v) is 7.71. The third-order valence-electron chi connectivity index (χ3n) is 4.21. The lowest BCUT2D eigenvalue weighted by Gasteiger charge is -2.51. The monoisotopic (exact) mass is 277 g/mol. The number of benzene rings is 1. The van der Waals surface area contributed by atoms with Crippen molar-refractivity contribution in [2.45, 2.75) is 52.7 Å². The van der Waals surface area contributed by atoms with E-state index in [1.807, 2.05) is 24.3 Å². The van der Waals surface area contributed by atoms with E-state index >= 15 is 0 Å². The van der Waals surface area contributed by atoms with E-state index in [0.717, 1.165) is 37.5 Å². The summed E-state index contributed by atoms with van der Waals surface area (Å²) in [7, 11) is 0. The van der Waals surface area contributed by atoms with Gasteiger partial charge in [0.25, 0.3) is 0 Å². The molecule has 1 N–H and O–H groups in total.